The van der Waals surface area contributed by atoms with Crippen molar-refractivity contribution >= 4 is 52.3 Å². The van der Waals surface area contributed by atoms with Gasteiger partial charge in [-0.15, -0.1) is 0 Å². The van der Waals surface area contributed by atoms with Crippen LogP contribution in [0.2, 0.25) is 0 Å². The number of ketones is 1. The Hall–Kier alpha value is -4.63. The van der Waals surface area contributed by atoms with Gasteiger partial charge in [-0.25, -0.2) is 14.3 Å². The third kappa shape index (κ3) is 7.20. The van der Waals surface area contributed by atoms with E-state index in [-0.39, 0.29) is 31.0 Å². The van der Waals surface area contributed by atoms with Crippen LogP contribution in [0.4, 0.5) is 4.79 Å². The zero-order valence-corrected chi connectivity index (χ0v) is 30.2. The highest BCUT2D eigenvalue weighted by Gasteiger charge is 2.62. The number of alkyl carbamates (subject to hydrolysis) is 1. The van der Waals surface area contributed by atoms with E-state index < -0.39 is 59.2 Å². The molecule has 5 heterocycles. The number of rotatable bonds is 7. The van der Waals surface area contributed by atoms with Crippen LogP contribution in [0.3, 0.4) is 0 Å². The zero-order chi connectivity index (χ0) is 36.4. The Kier molecular flexibility index (Phi) is 10.4. The lowest BCUT2D eigenvalue weighted by Crippen LogP contribution is -2.57. The Morgan fingerprint density at radius 2 is 1.71 bits per heavy atom. The number of fused-ring (bicyclic) bond motifs is 2. The highest BCUT2D eigenvalue weighted by molar-refractivity contribution is 7.08. The van der Waals surface area contributed by atoms with Crippen LogP contribution in [0.1, 0.15) is 76.7 Å². The smallest absolute Gasteiger partial charge is 0.408 e. The first-order chi connectivity index (χ1) is 25.2. The fourth-order valence-electron chi connectivity index (χ4n) is 7.85. The van der Waals surface area contributed by atoms with Gasteiger partial charge in [0.15, 0.2) is 0 Å². The monoisotopic (exact) mass is 747 g/mol. The minimum atomic E-state index is -1.65. The summed E-state index contributed by atoms with van der Waals surface area (Å²) >= 11 is 2.95. The van der Waals surface area contributed by atoms with Crippen LogP contribution in [0, 0.1) is 5.92 Å². The molecule has 5 atom stereocenters. The molecule has 7 rings (SSSR count). The molecule has 274 valence electrons. The Morgan fingerprint density at radius 3 is 2.42 bits per heavy atom. The lowest BCUT2D eigenvalue weighted by atomic mass is 10.0. The lowest BCUT2D eigenvalue weighted by molar-refractivity contribution is -0.151. The molecule has 3 aromatic heterocycles. The number of aliphatic carboxylic acids is 1. The average Bonchev–Trinajstić information content (AvgIpc) is 3.81. The number of carbonyl (C=O) groups is 5. The fraction of sp³-hybridized carbons (Fsp3) is 0.486. The molecule has 0 aromatic carbocycles. The molecule has 0 unspecified atom stereocenters. The van der Waals surface area contributed by atoms with Gasteiger partial charge >= 0.3 is 12.1 Å². The van der Waals surface area contributed by atoms with E-state index in [1.165, 1.54) is 32.3 Å². The molecule has 0 radical (unpaired) electrons. The van der Waals surface area contributed by atoms with Gasteiger partial charge in [-0.2, -0.15) is 27.8 Å². The summed E-state index contributed by atoms with van der Waals surface area (Å²) < 4.78 is 6.95. The van der Waals surface area contributed by atoms with Gasteiger partial charge in [0.25, 0.3) is 11.3 Å². The summed E-state index contributed by atoms with van der Waals surface area (Å²) in [6.07, 6.45) is 11.0. The topological polar surface area (TPSA) is 177 Å². The maximum absolute atomic E-state index is 14.5. The van der Waals surface area contributed by atoms with Crippen molar-refractivity contribution < 1.29 is 33.8 Å². The molecule has 0 bridgehead atoms. The van der Waals surface area contributed by atoms with Crippen molar-refractivity contribution in [2.75, 3.05) is 6.54 Å². The van der Waals surface area contributed by atoms with E-state index >= 15 is 0 Å². The van der Waals surface area contributed by atoms with Gasteiger partial charge in [-0.05, 0) is 96.1 Å². The minimum absolute atomic E-state index is 0.0254. The number of amides is 3. The van der Waals surface area contributed by atoms with Crippen molar-refractivity contribution in [3.8, 4) is 22.3 Å². The van der Waals surface area contributed by atoms with Crippen molar-refractivity contribution in [3.05, 3.63) is 62.4 Å². The van der Waals surface area contributed by atoms with Crippen molar-refractivity contribution in [3.63, 3.8) is 0 Å². The molecule has 4 aliphatic rings. The van der Waals surface area contributed by atoms with Gasteiger partial charge in [0.2, 0.25) is 11.8 Å². The van der Waals surface area contributed by atoms with Gasteiger partial charge < -0.3 is 25.4 Å². The van der Waals surface area contributed by atoms with Gasteiger partial charge in [0.05, 0.1) is 17.8 Å². The Labute approximate surface area is 308 Å². The maximum Gasteiger partial charge on any atom is 0.408 e. The van der Waals surface area contributed by atoms with Crippen LogP contribution < -0.4 is 16.2 Å². The summed E-state index contributed by atoms with van der Waals surface area (Å²) in [5.74, 6) is -4.51. The number of nitrogens with zero attached hydrogens (tertiary/aromatic N) is 3. The minimum Gasteiger partial charge on any atom is -0.475 e. The second kappa shape index (κ2) is 15.2. The quantitative estimate of drug-likeness (QED) is 0.224. The van der Waals surface area contributed by atoms with Crippen LogP contribution in [0.5, 0.6) is 0 Å². The fourth-order valence-corrected chi connectivity index (χ4v) is 9.15. The first-order valence-electron chi connectivity index (χ1n) is 17.9. The van der Waals surface area contributed by atoms with E-state index in [9.17, 15) is 33.9 Å². The number of hydrogen-bond acceptors (Lipinski definition) is 10. The second-order valence-corrected chi connectivity index (χ2v) is 15.6. The molecule has 1 saturated heterocycles. The summed E-state index contributed by atoms with van der Waals surface area (Å²) in [7, 11) is 0. The molecule has 2 aliphatic carbocycles. The number of hydrogen-bond donors (Lipinski definition) is 3. The Balaban J connectivity index is 1.24. The molecule has 2 saturated carbocycles. The molecule has 15 heteroatoms. The van der Waals surface area contributed by atoms with E-state index in [1.807, 2.05) is 39.7 Å². The molecular formula is C37H41N5O8S2. The predicted molar refractivity (Wildman–Crippen MR) is 194 cm³/mol. The molecule has 3 N–H and O–H groups in total. The standard InChI is InChI=1S/C37H41N5O8S2/c43-31(35(47)48)37-17-24(37)8-4-2-1-3-5-11-28(39-36(49)50-26-9-6-7-10-26)33(45)41-19-25(16-29(41)32(44)40-37)42-34(46)30(23-13-15-52-21-23)27(18-38-42)22-12-14-51-20-22/h4,8,12-15,18,20-21,24-26,28-29H,1-3,5-7,9-11,16-17,19H2,(H,39,49)(H,40,44)(H,47,48)/t24-,25-,28+,29+,37-/m1/s1. The number of aromatic nitrogens is 2. The number of carbonyl (C=O) groups excluding carboxylic acids is 4. The van der Waals surface area contributed by atoms with Crippen molar-refractivity contribution in [1.82, 2.24) is 25.3 Å². The van der Waals surface area contributed by atoms with Crippen LogP contribution >= 0.6 is 22.7 Å². The molecule has 52 heavy (non-hydrogen) atoms. The normalized spacial score (nSPS) is 26.8. The first-order valence-corrected chi connectivity index (χ1v) is 19.8. The van der Waals surface area contributed by atoms with Gasteiger partial charge in [0.1, 0.15) is 23.7 Å². The molecule has 3 amide bonds. The number of Topliss-reactive ketones (excluding diaryl/α,β-unsaturated/α-hetero) is 1. The molecule has 3 fully saturated rings. The van der Waals surface area contributed by atoms with Gasteiger partial charge in [0, 0.05) is 24.4 Å². The van der Waals surface area contributed by atoms with Crippen LogP contribution in [-0.4, -0.2) is 79.7 Å². The highest BCUT2D eigenvalue weighted by atomic mass is 32.1. The van der Waals surface area contributed by atoms with E-state index in [0.717, 1.165) is 49.7 Å². The van der Waals surface area contributed by atoms with Crippen molar-refractivity contribution in [1.29, 1.82) is 0 Å². The highest BCUT2D eigenvalue weighted by Crippen LogP contribution is 2.46. The Morgan fingerprint density at radius 1 is 0.981 bits per heavy atom. The van der Waals surface area contributed by atoms with Crippen molar-refractivity contribution in [2.24, 2.45) is 5.92 Å². The van der Waals surface area contributed by atoms with E-state index in [2.05, 4.69) is 15.7 Å². The number of nitrogens with one attached hydrogen (secondary N) is 2. The second-order valence-electron chi connectivity index (χ2n) is 14.1. The zero-order valence-electron chi connectivity index (χ0n) is 28.5. The number of allylic oxidation sites excluding steroid dienone is 1. The third-order valence-corrected chi connectivity index (χ3v) is 12.1. The Bertz CT molecular complexity index is 1920. The van der Waals surface area contributed by atoms with Crippen LogP contribution in [0.15, 0.2) is 56.8 Å². The molecule has 0 spiro atoms. The van der Waals surface area contributed by atoms with Crippen LogP contribution in [0.25, 0.3) is 22.3 Å². The third-order valence-electron chi connectivity index (χ3n) is 10.7. The average molecular weight is 748 g/mol. The number of carboxylic acid groups (broad SMARTS) is 1. The summed E-state index contributed by atoms with van der Waals surface area (Å²) in [6.45, 7) is -0.0796. The first kappa shape index (κ1) is 35.8. The molecule has 2 aliphatic heterocycles. The van der Waals surface area contributed by atoms with Crippen LogP contribution in [-0.2, 0) is 23.9 Å². The summed E-state index contributed by atoms with van der Waals surface area (Å²) in [5.41, 5.74) is 0.649. The predicted octanol–water partition coefficient (Wildman–Crippen LogP) is 4.93. The van der Waals surface area contributed by atoms with Crippen molar-refractivity contribution in [2.45, 2.75) is 100 Å². The lowest BCUT2D eigenvalue weighted by Gasteiger charge is -2.29. The van der Waals surface area contributed by atoms with Gasteiger partial charge in [-0.3, -0.25) is 19.2 Å². The summed E-state index contributed by atoms with van der Waals surface area (Å²) in [5, 5.41) is 27.4. The number of carboxylic acids is 1. The van der Waals surface area contributed by atoms with E-state index in [0.29, 0.717) is 30.4 Å². The molecule has 13 nitrogen and oxygen atoms in total. The summed E-state index contributed by atoms with van der Waals surface area (Å²) in [6, 6.07) is 0.829. The summed E-state index contributed by atoms with van der Waals surface area (Å²) in [4.78, 5) is 82.5. The molecule has 3 aromatic rings. The maximum atomic E-state index is 14.5. The largest absolute Gasteiger partial charge is 0.475 e. The number of thiophene rings is 2. The van der Waals surface area contributed by atoms with Gasteiger partial charge in [-0.1, -0.05) is 25.0 Å². The van der Waals surface area contributed by atoms with E-state index in [4.69, 9.17) is 4.74 Å². The number of ether oxygens (including phenoxy) is 1. The van der Waals surface area contributed by atoms with E-state index in [1.54, 1.807) is 12.3 Å². The molecular weight excluding hydrogens is 707 g/mol. The SMILES string of the molecule is O=C(N[C@H]1CCCCCC=C[C@@H]2C[C@@]2(C(=O)C(=O)O)NC(=O)[C@@H]2C[C@@H](n3ncc(-c4ccsc4)c(-c4ccsc4)c3=O)CN2C1=O)OC1CCCC1.